The molecule has 5 rings (SSSR count). The van der Waals surface area contributed by atoms with E-state index in [-0.39, 0.29) is 11.8 Å². The van der Waals surface area contributed by atoms with Crippen molar-refractivity contribution < 1.29 is 9.21 Å². The third-order valence-electron chi connectivity index (χ3n) is 7.18. The van der Waals surface area contributed by atoms with Crippen molar-refractivity contribution in [1.29, 1.82) is 0 Å². The second kappa shape index (κ2) is 9.72. The fourth-order valence-corrected chi connectivity index (χ4v) is 5.40. The number of para-hydroxylation sites is 1. The zero-order valence-electron chi connectivity index (χ0n) is 18.7. The van der Waals surface area contributed by atoms with Gasteiger partial charge in [-0.15, -0.1) is 0 Å². The first-order valence-corrected chi connectivity index (χ1v) is 12.2. The molecule has 0 saturated heterocycles. The summed E-state index contributed by atoms with van der Waals surface area (Å²) in [6.07, 6.45) is 14.7. The minimum atomic E-state index is -0.106. The molecule has 0 amide bonds. The molecule has 1 fully saturated rings. The summed E-state index contributed by atoms with van der Waals surface area (Å²) in [5, 5.41) is 1.14. The Bertz CT molecular complexity index is 1080. The number of rotatable bonds is 7. The van der Waals surface area contributed by atoms with E-state index in [1.165, 1.54) is 36.8 Å². The first-order valence-electron chi connectivity index (χ1n) is 12.2. The van der Waals surface area contributed by atoms with Gasteiger partial charge in [-0.05, 0) is 49.5 Å². The molecule has 1 aromatic carbocycles. The van der Waals surface area contributed by atoms with E-state index >= 15 is 0 Å². The lowest BCUT2D eigenvalue weighted by Gasteiger charge is -2.24. The Hall–Kier alpha value is -2.88. The number of Topliss-reactive ketones (excluding diaryl/α,β-unsaturated/α-hetero) is 1. The van der Waals surface area contributed by atoms with E-state index in [2.05, 4.69) is 34.3 Å². The number of hydrogen-bond donors (Lipinski definition) is 0. The number of pyridine rings is 1. The van der Waals surface area contributed by atoms with Gasteiger partial charge in [-0.25, -0.2) is 0 Å². The van der Waals surface area contributed by atoms with Gasteiger partial charge in [0.25, 0.3) is 0 Å². The van der Waals surface area contributed by atoms with Gasteiger partial charge in [-0.1, -0.05) is 49.9 Å². The number of hydrogen-bond acceptors (Lipinski definition) is 4. The topological polar surface area (TPSA) is 46.3 Å². The van der Waals surface area contributed by atoms with Gasteiger partial charge in [-0.2, -0.15) is 0 Å². The predicted octanol–water partition coefficient (Wildman–Crippen LogP) is 6.59. The van der Waals surface area contributed by atoms with E-state index in [1.54, 1.807) is 6.26 Å². The van der Waals surface area contributed by atoms with Gasteiger partial charge in [0.15, 0.2) is 0 Å². The number of nitrogens with zero attached hydrogens (tertiary/aromatic N) is 2. The largest absolute Gasteiger partial charge is 0.464 e. The van der Waals surface area contributed by atoms with E-state index in [9.17, 15) is 4.79 Å². The smallest absolute Gasteiger partial charge is 0.145 e. The summed E-state index contributed by atoms with van der Waals surface area (Å²) >= 11 is 0. The highest BCUT2D eigenvalue weighted by Crippen LogP contribution is 2.34. The molecule has 2 aromatic heterocycles. The van der Waals surface area contributed by atoms with E-state index < -0.39 is 0 Å². The second-order valence-corrected chi connectivity index (χ2v) is 9.27. The molecule has 3 heterocycles. The Morgan fingerprint density at radius 3 is 2.75 bits per heavy atom. The lowest BCUT2D eigenvalue weighted by molar-refractivity contribution is -0.125. The van der Waals surface area contributed by atoms with Crippen LogP contribution in [0.1, 0.15) is 68.5 Å². The summed E-state index contributed by atoms with van der Waals surface area (Å²) in [7, 11) is 0. The third-order valence-corrected chi connectivity index (χ3v) is 7.18. The monoisotopic (exact) mass is 428 g/mol. The molecule has 0 spiro atoms. The second-order valence-electron chi connectivity index (χ2n) is 9.27. The standard InChI is InChI=1S/C28H32N2O2/c31-27(21-8-3-1-2-4-9-21)25(26-12-5-6-16-29-26)14-18-30-17-13-23(20-30)24-11-7-10-22-15-19-32-28(22)24/h5-7,10-12,15-16,19-21,25H,1-4,8-9,13-14,17-18H2. The van der Waals surface area contributed by atoms with Crippen LogP contribution in [0.4, 0.5) is 0 Å². The molecule has 4 nitrogen and oxygen atoms in total. The highest BCUT2D eigenvalue weighted by molar-refractivity contribution is 5.90. The van der Waals surface area contributed by atoms with Crippen LogP contribution < -0.4 is 0 Å². The zero-order valence-corrected chi connectivity index (χ0v) is 18.7. The number of aromatic nitrogens is 1. The van der Waals surface area contributed by atoms with E-state index in [1.807, 2.05) is 30.5 Å². The number of carbonyl (C=O) groups is 1. The number of ketones is 1. The quantitative estimate of drug-likeness (QED) is 0.398. The van der Waals surface area contributed by atoms with Gasteiger partial charge in [0.2, 0.25) is 0 Å². The summed E-state index contributed by atoms with van der Waals surface area (Å²) in [5.74, 6) is 0.505. The molecule has 32 heavy (non-hydrogen) atoms. The van der Waals surface area contributed by atoms with Gasteiger partial charge in [-0.3, -0.25) is 9.78 Å². The van der Waals surface area contributed by atoms with Crippen molar-refractivity contribution in [1.82, 2.24) is 9.88 Å². The lowest BCUT2D eigenvalue weighted by atomic mass is 9.84. The number of benzene rings is 1. The van der Waals surface area contributed by atoms with Crippen LogP contribution in [0.2, 0.25) is 0 Å². The average Bonchev–Trinajstić information content (AvgIpc) is 3.42. The molecule has 4 heteroatoms. The third kappa shape index (κ3) is 4.50. The van der Waals surface area contributed by atoms with Gasteiger partial charge in [0.05, 0.1) is 17.9 Å². The van der Waals surface area contributed by atoms with Crippen LogP contribution in [0.5, 0.6) is 0 Å². The van der Waals surface area contributed by atoms with E-state index in [0.717, 1.165) is 55.4 Å². The molecule has 0 N–H and O–H groups in total. The highest BCUT2D eigenvalue weighted by atomic mass is 16.3. The van der Waals surface area contributed by atoms with Gasteiger partial charge < -0.3 is 9.32 Å². The zero-order chi connectivity index (χ0) is 21.8. The molecular weight excluding hydrogens is 396 g/mol. The number of fused-ring (bicyclic) bond motifs is 1. The van der Waals surface area contributed by atoms with Crippen molar-refractivity contribution in [3.05, 3.63) is 72.4 Å². The molecule has 2 aliphatic rings. The number of carbonyl (C=O) groups excluding carboxylic acids is 1. The summed E-state index contributed by atoms with van der Waals surface area (Å²) in [5.41, 5.74) is 4.40. The molecule has 166 valence electrons. The Labute approximate surface area is 190 Å². The summed E-state index contributed by atoms with van der Waals surface area (Å²) in [4.78, 5) is 20.5. The van der Waals surface area contributed by atoms with Crippen LogP contribution >= 0.6 is 0 Å². The van der Waals surface area contributed by atoms with Crippen molar-refractivity contribution >= 4 is 22.3 Å². The molecule has 3 aromatic rings. The normalized spacial score (nSPS) is 18.5. The summed E-state index contributed by atoms with van der Waals surface area (Å²) in [6.45, 7) is 1.86. The molecule has 1 unspecified atom stereocenters. The molecular formula is C28H32N2O2. The van der Waals surface area contributed by atoms with Crippen LogP contribution in [0.3, 0.4) is 0 Å². The molecule has 0 radical (unpaired) electrons. The van der Waals surface area contributed by atoms with Crippen LogP contribution in [0.25, 0.3) is 16.5 Å². The van der Waals surface area contributed by atoms with Crippen LogP contribution in [0, 0.1) is 5.92 Å². The maximum atomic E-state index is 13.6. The Balaban J connectivity index is 1.31. The maximum Gasteiger partial charge on any atom is 0.145 e. The predicted molar refractivity (Wildman–Crippen MR) is 128 cm³/mol. The Morgan fingerprint density at radius 1 is 1.06 bits per heavy atom. The fourth-order valence-electron chi connectivity index (χ4n) is 5.40. The van der Waals surface area contributed by atoms with Gasteiger partial charge in [0.1, 0.15) is 11.4 Å². The highest BCUT2D eigenvalue weighted by Gasteiger charge is 2.30. The average molecular weight is 429 g/mol. The van der Waals surface area contributed by atoms with Crippen molar-refractivity contribution in [3.63, 3.8) is 0 Å². The fraction of sp³-hybridized carbons (Fsp3) is 0.429. The minimum absolute atomic E-state index is 0.106. The summed E-state index contributed by atoms with van der Waals surface area (Å²) in [6, 6.07) is 14.3. The first-order chi connectivity index (χ1) is 15.8. The van der Waals surface area contributed by atoms with Crippen LogP contribution in [0.15, 0.2) is 65.5 Å². The SMILES string of the molecule is O=C(C1CCCCCC1)C(CCN1C=C(c2cccc3ccoc23)CC1)c1ccccn1. The van der Waals surface area contributed by atoms with E-state index in [4.69, 9.17) is 4.42 Å². The van der Waals surface area contributed by atoms with E-state index in [0.29, 0.717) is 5.78 Å². The van der Waals surface area contributed by atoms with Crippen molar-refractivity contribution in [2.75, 3.05) is 13.1 Å². The molecule has 1 saturated carbocycles. The van der Waals surface area contributed by atoms with Crippen LogP contribution in [-0.2, 0) is 4.79 Å². The van der Waals surface area contributed by atoms with Gasteiger partial charge in [0, 0.05) is 42.4 Å². The lowest BCUT2D eigenvalue weighted by Crippen LogP contribution is -2.26. The van der Waals surface area contributed by atoms with Crippen molar-refractivity contribution in [2.24, 2.45) is 5.92 Å². The maximum absolute atomic E-state index is 13.6. The summed E-state index contributed by atoms with van der Waals surface area (Å²) < 4.78 is 5.75. The first kappa shape index (κ1) is 21.0. The molecule has 1 aliphatic heterocycles. The molecule has 0 bridgehead atoms. The van der Waals surface area contributed by atoms with Crippen LogP contribution in [-0.4, -0.2) is 28.8 Å². The Kier molecular flexibility index (Phi) is 6.38. The number of furan rings is 1. The molecule has 1 aliphatic carbocycles. The van der Waals surface area contributed by atoms with Gasteiger partial charge >= 0.3 is 0 Å². The Morgan fingerprint density at radius 2 is 1.94 bits per heavy atom. The van der Waals surface area contributed by atoms with Crippen molar-refractivity contribution in [3.8, 4) is 0 Å². The molecule has 1 atom stereocenters. The van der Waals surface area contributed by atoms with Crippen molar-refractivity contribution in [2.45, 2.75) is 57.3 Å². The minimum Gasteiger partial charge on any atom is -0.464 e.